The molecule has 0 saturated carbocycles. The molecule has 3 aromatic rings. The highest BCUT2D eigenvalue weighted by atomic mass is 32.2. The fourth-order valence-electron chi connectivity index (χ4n) is 4.37. The lowest BCUT2D eigenvalue weighted by Gasteiger charge is -2.28. The van der Waals surface area contributed by atoms with E-state index >= 15 is 0 Å². The average molecular weight is 513 g/mol. The summed E-state index contributed by atoms with van der Waals surface area (Å²) in [7, 11) is -3.83. The molecule has 0 aliphatic rings. The molecule has 1 heterocycles. The van der Waals surface area contributed by atoms with Crippen molar-refractivity contribution in [3.63, 3.8) is 0 Å². The third-order valence-electron chi connectivity index (χ3n) is 5.99. The zero-order chi connectivity index (χ0) is 25.6. The summed E-state index contributed by atoms with van der Waals surface area (Å²) in [5.74, 6) is -0.193. The lowest BCUT2D eigenvalue weighted by atomic mass is 10.1. The number of hydrogen-bond acceptors (Lipinski definition) is 4. The summed E-state index contributed by atoms with van der Waals surface area (Å²) in [4.78, 5) is 18.0. The zero-order valence-electron chi connectivity index (χ0n) is 21.4. The highest BCUT2D eigenvalue weighted by molar-refractivity contribution is 7.89. The normalized spacial score (nSPS) is 11.7. The van der Waals surface area contributed by atoms with Gasteiger partial charge in [0, 0.05) is 22.8 Å². The second kappa shape index (κ2) is 12.0. The number of aryl methyl sites for hydroxylation is 4. The first-order valence-electron chi connectivity index (χ1n) is 12.1. The van der Waals surface area contributed by atoms with Gasteiger partial charge in [0.15, 0.2) is 0 Å². The highest BCUT2D eigenvalue weighted by Crippen LogP contribution is 2.26. The van der Waals surface area contributed by atoms with Gasteiger partial charge in [0.05, 0.1) is 18.0 Å². The molecule has 3 rings (SSSR count). The van der Waals surface area contributed by atoms with Crippen molar-refractivity contribution in [3.05, 3.63) is 86.6 Å². The number of thiophene rings is 1. The summed E-state index contributed by atoms with van der Waals surface area (Å²) in [6.45, 7) is 10.7. The molecule has 0 aliphatic carbocycles. The lowest BCUT2D eigenvalue weighted by Crippen LogP contribution is -2.43. The number of rotatable bonds is 11. The van der Waals surface area contributed by atoms with Gasteiger partial charge in [-0.25, -0.2) is 8.42 Å². The van der Waals surface area contributed by atoms with Crippen LogP contribution in [0.5, 0.6) is 0 Å². The molecule has 0 atom stereocenters. The van der Waals surface area contributed by atoms with Crippen molar-refractivity contribution >= 4 is 27.3 Å². The summed E-state index contributed by atoms with van der Waals surface area (Å²) in [6.07, 6.45) is 1.54. The van der Waals surface area contributed by atoms with Crippen LogP contribution in [0, 0.1) is 27.7 Å². The van der Waals surface area contributed by atoms with Gasteiger partial charge < -0.3 is 4.90 Å². The van der Waals surface area contributed by atoms with Crippen molar-refractivity contribution in [2.75, 3.05) is 13.1 Å². The molecule has 0 unspecified atom stereocenters. The van der Waals surface area contributed by atoms with Gasteiger partial charge in [-0.05, 0) is 62.9 Å². The number of amides is 1. The van der Waals surface area contributed by atoms with Gasteiger partial charge in [-0.15, -0.1) is 11.3 Å². The minimum absolute atomic E-state index is 0.174. The van der Waals surface area contributed by atoms with Crippen molar-refractivity contribution < 1.29 is 13.2 Å². The van der Waals surface area contributed by atoms with Crippen LogP contribution in [0.1, 0.15) is 51.8 Å². The Kier molecular flexibility index (Phi) is 9.27. The number of hydrogen-bond donors (Lipinski definition) is 0. The molecule has 0 N–H and O–H groups in total. The molecule has 188 valence electrons. The molecule has 0 fully saturated rings. The summed E-state index contributed by atoms with van der Waals surface area (Å²) < 4.78 is 29.0. The Labute approximate surface area is 214 Å². The molecule has 7 heteroatoms. The maximum Gasteiger partial charge on any atom is 0.244 e. The number of benzene rings is 2. The predicted molar refractivity (Wildman–Crippen MR) is 144 cm³/mol. The first kappa shape index (κ1) is 27.1. The van der Waals surface area contributed by atoms with Gasteiger partial charge in [0.25, 0.3) is 0 Å². The largest absolute Gasteiger partial charge is 0.332 e. The average Bonchev–Trinajstić information content (AvgIpc) is 3.20. The molecule has 5 nitrogen and oxygen atoms in total. The van der Waals surface area contributed by atoms with E-state index in [2.05, 4.69) is 0 Å². The van der Waals surface area contributed by atoms with Crippen LogP contribution in [0.15, 0.2) is 59.5 Å². The topological polar surface area (TPSA) is 57.7 Å². The second-order valence-corrected chi connectivity index (χ2v) is 12.4. The standard InChI is InChI=1S/C28H36N2O3S2/c1-6-7-15-30(35(32,33)28-22(3)16-21(2)17-23(28)4)20-27(31)29(18-25-11-9-8-10-12-25)19-26-14-13-24(5)34-26/h8-14,16-17H,6-7,15,18-20H2,1-5H3. The Morgan fingerprint density at radius 2 is 1.57 bits per heavy atom. The van der Waals surface area contributed by atoms with Gasteiger partial charge in [-0.3, -0.25) is 4.79 Å². The summed E-state index contributed by atoms with van der Waals surface area (Å²) in [6, 6.07) is 17.7. The Morgan fingerprint density at radius 3 is 2.14 bits per heavy atom. The maximum atomic E-state index is 13.8. The first-order valence-corrected chi connectivity index (χ1v) is 14.3. The van der Waals surface area contributed by atoms with Crippen molar-refractivity contribution in [3.8, 4) is 0 Å². The number of carbonyl (C=O) groups excluding carboxylic acids is 1. The predicted octanol–water partition coefficient (Wildman–Crippen LogP) is 6.00. The molecule has 0 bridgehead atoms. The monoisotopic (exact) mass is 512 g/mol. The lowest BCUT2D eigenvalue weighted by molar-refractivity contribution is -0.132. The van der Waals surface area contributed by atoms with Gasteiger partial charge in [0.2, 0.25) is 15.9 Å². The van der Waals surface area contributed by atoms with E-state index < -0.39 is 10.0 Å². The fourth-order valence-corrected chi connectivity index (χ4v) is 7.11. The van der Waals surface area contributed by atoms with Crippen LogP contribution in [0.25, 0.3) is 0 Å². The highest BCUT2D eigenvalue weighted by Gasteiger charge is 2.31. The molecule has 0 radical (unpaired) electrons. The fraction of sp³-hybridized carbons (Fsp3) is 0.393. The molecule has 35 heavy (non-hydrogen) atoms. The molecule has 0 aliphatic heterocycles. The van der Waals surface area contributed by atoms with E-state index in [0.29, 0.717) is 42.1 Å². The Bertz CT molecular complexity index is 1230. The molecular weight excluding hydrogens is 476 g/mol. The molecule has 2 aromatic carbocycles. The van der Waals surface area contributed by atoms with Crippen molar-refractivity contribution in [2.45, 2.75) is 65.4 Å². The quantitative estimate of drug-likeness (QED) is 0.317. The third-order valence-corrected chi connectivity index (χ3v) is 9.12. The maximum absolute atomic E-state index is 13.8. The van der Waals surface area contributed by atoms with Gasteiger partial charge in [-0.1, -0.05) is 61.4 Å². The van der Waals surface area contributed by atoms with Gasteiger partial charge in [-0.2, -0.15) is 4.31 Å². The van der Waals surface area contributed by atoms with E-state index in [1.165, 1.54) is 9.18 Å². The van der Waals surface area contributed by atoms with Gasteiger partial charge >= 0.3 is 0 Å². The number of sulfonamides is 1. The number of nitrogens with zero attached hydrogens (tertiary/aromatic N) is 2. The van der Waals surface area contributed by atoms with Crippen LogP contribution in [0.3, 0.4) is 0 Å². The smallest absolute Gasteiger partial charge is 0.244 e. The van der Waals surface area contributed by atoms with E-state index in [1.54, 1.807) is 16.2 Å². The third kappa shape index (κ3) is 7.03. The van der Waals surface area contributed by atoms with Crippen LogP contribution in [-0.2, 0) is 27.9 Å². The zero-order valence-corrected chi connectivity index (χ0v) is 23.0. The van der Waals surface area contributed by atoms with Crippen LogP contribution in [0.4, 0.5) is 0 Å². The van der Waals surface area contributed by atoms with Crippen LogP contribution < -0.4 is 0 Å². The summed E-state index contributed by atoms with van der Waals surface area (Å²) in [5.41, 5.74) is 3.47. The molecule has 1 aromatic heterocycles. The second-order valence-electron chi connectivity index (χ2n) is 9.17. The van der Waals surface area contributed by atoms with E-state index in [-0.39, 0.29) is 12.5 Å². The van der Waals surface area contributed by atoms with Crippen molar-refractivity contribution in [1.82, 2.24) is 9.21 Å². The first-order chi connectivity index (χ1) is 16.6. The Balaban J connectivity index is 1.92. The Hall–Kier alpha value is -2.48. The van der Waals surface area contributed by atoms with E-state index in [0.717, 1.165) is 22.4 Å². The number of unbranched alkanes of at least 4 members (excludes halogenated alkanes) is 1. The van der Waals surface area contributed by atoms with E-state index in [1.807, 2.05) is 89.2 Å². The molecular formula is C28H36N2O3S2. The van der Waals surface area contributed by atoms with Crippen LogP contribution in [0.2, 0.25) is 0 Å². The summed E-state index contributed by atoms with van der Waals surface area (Å²) in [5, 5.41) is 0. The van der Waals surface area contributed by atoms with E-state index in [4.69, 9.17) is 0 Å². The Morgan fingerprint density at radius 1 is 0.914 bits per heavy atom. The summed E-state index contributed by atoms with van der Waals surface area (Å²) >= 11 is 1.66. The molecule has 1 amide bonds. The van der Waals surface area contributed by atoms with Crippen molar-refractivity contribution in [2.24, 2.45) is 0 Å². The molecule has 0 spiro atoms. The number of carbonyl (C=O) groups is 1. The van der Waals surface area contributed by atoms with E-state index in [9.17, 15) is 13.2 Å². The molecule has 0 saturated heterocycles. The minimum atomic E-state index is -3.83. The van der Waals surface area contributed by atoms with Crippen LogP contribution >= 0.6 is 11.3 Å². The SMILES string of the molecule is CCCCN(CC(=O)N(Cc1ccccc1)Cc1ccc(C)s1)S(=O)(=O)c1c(C)cc(C)cc1C. The van der Waals surface area contributed by atoms with Gasteiger partial charge in [0.1, 0.15) is 0 Å². The van der Waals surface area contributed by atoms with Crippen LogP contribution in [-0.4, -0.2) is 36.6 Å². The van der Waals surface area contributed by atoms with Crippen molar-refractivity contribution in [1.29, 1.82) is 0 Å². The minimum Gasteiger partial charge on any atom is -0.332 e.